The maximum atomic E-state index is 12.4. The zero-order valence-corrected chi connectivity index (χ0v) is 11.8. The first-order valence-corrected chi connectivity index (χ1v) is 6.01. The Labute approximate surface area is 117 Å². The van der Waals surface area contributed by atoms with Gasteiger partial charge in [-0.25, -0.2) is 5.01 Å². The van der Waals surface area contributed by atoms with E-state index in [1.165, 1.54) is 5.01 Å². The zero-order chi connectivity index (χ0) is 14.6. The minimum atomic E-state index is -0.669. The fraction of sp³-hybridized carbons (Fsp3) is 0.286. The summed E-state index contributed by atoms with van der Waals surface area (Å²) in [6, 6.07) is 6.40. The highest BCUT2D eigenvalue weighted by Gasteiger charge is 2.28. The van der Waals surface area contributed by atoms with Crippen LogP contribution in [0.4, 0.5) is 0 Å². The minimum absolute atomic E-state index is 0.354. The van der Waals surface area contributed by atoms with E-state index in [2.05, 4.69) is 5.43 Å². The van der Waals surface area contributed by atoms with Crippen LogP contribution in [0.1, 0.15) is 31.1 Å². The van der Waals surface area contributed by atoms with E-state index < -0.39 is 11.4 Å². The lowest BCUT2D eigenvalue weighted by Gasteiger charge is -2.34. The lowest BCUT2D eigenvalue weighted by molar-refractivity contribution is -0.121. The van der Waals surface area contributed by atoms with Crippen LogP contribution in [0.2, 0.25) is 5.02 Å². The Bertz CT molecular complexity index is 524. The number of benzene rings is 1. The van der Waals surface area contributed by atoms with E-state index in [-0.39, 0.29) is 5.91 Å². The summed E-state index contributed by atoms with van der Waals surface area (Å²) in [6.45, 7) is 5.37. The van der Waals surface area contributed by atoms with Crippen LogP contribution in [-0.4, -0.2) is 22.4 Å². The van der Waals surface area contributed by atoms with Crippen LogP contribution in [-0.2, 0) is 4.79 Å². The van der Waals surface area contributed by atoms with Crippen LogP contribution in [0.3, 0.4) is 0 Å². The Morgan fingerprint density at radius 2 is 1.79 bits per heavy atom. The van der Waals surface area contributed by atoms with Gasteiger partial charge in [0.2, 0.25) is 0 Å². The maximum Gasteiger partial charge on any atom is 0.314 e. The molecule has 0 spiro atoms. The predicted octanol–water partition coefficient (Wildman–Crippen LogP) is 2.25. The van der Waals surface area contributed by atoms with Crippen molar-refractivity contribution < 1.29 is 9.59 Å². The van der Waals surface area contributed by atoms with Gasteiger partial charge in [0.1, 0.15) is 0 Å². The molecule has 1 aromatic rings. The van der Waals surface area contributed by atoms with Crippen molar-refractivity contribution in [2.75, 3.05) is 0 Å². The van der Waals surface area contributed by atoms with Crippen molar-refractivity contribution in [3.05, 3.63) is 34.9 Å². The Hall–Kier alpha value is -1.99. The number of carbonyl (C=O) groups excluding carboxylic acids is 2. The SMILES string of the molecule is C#CC(=O)NN(C(=O)c1ccc(Cl)cc1)C(C)(C)C. The second-order valence-electron chi connectivity index (χ2n) is 4.90. The molecule has 5 heteroatoms. The minimum Gasteiger partial charge on any atom is -0.267 e. The highest BCUT2D eigenvalue weighted by Crippen LogP contribution is 2.16. The molecule has 0 aliphatic rings. The molecular weight excluding hydrogens is 264 g/mol. The number of terminal acetylenes is 1. The Kier molecular flexibility index (Phi) is 4.57. The predicted molar refractivity (Wildman–Crippen MR) is 74.4 cm³/mol. The average molecular weight is 279 g/mol. The van der Waals surface area contributed by atoms with Gasteiger partial charge in [-0.1, -0.05) is 11.6 Å². The van der Waals surface area contributed by atoms with Crippen LogP contribution in [0, 0.1) is 12.3 Å². The Balaban J connectivity index is 3.05. The van der Waals surface area contributed by atoms with Crippen LogP contribution in [0.15, 0.2) is 24.3 Å². The van der Waals surface area contributed by atoms with Crippen LogP contribution >= 0.6 is 11.6 Å². The summed E-state index contributed by atoms with van der Waals surface area (Å²) < 4.78 is 0. The van der Waals surface area contributed by atoms with Gasteiger partial charge in [0.05, 0.1) is 5.54 Å². The first-order chi connectivity index (χ1) is 8.75. The number of carbonyl (C=O) groups is 2. The molecule has 0 saturated carbocycles. The van der Waals surface area contributed by atoms with E-state index in [0.29, 0.717) is 10.6 Å². The van der Waals surface area contributed by atoms with Gasteiger partial charge in [0.25, 0.3) is 5.91 Å². The lowest BCUT2D eigenvalue weighted by Crippen LogP contribution is -2.55. The third kappa shape index (κ3) is 4.01. The molecule has 100 valence electrons. The molecule has 1 aromatic carbocycles. The molecule has 0 saturated heterocycles. The number of amides is 2. The van der Waals surface area contributed by atoms with E-state index in [4.69, 9.17) is 18.0 Å². The van der Waals surface area contributed by atoms with Gasteiger partial charge in [-0.3, -0.25) is 15.0 Å². The van der Waals surface area contributed by atoms with E-state index in [0.717, 1.165) is 0 Å². The maximum absolute atomic E-state index is 12.4. The smallest absolute Gasteiger partial charge is 0.267 e. The summed E-state index contributed by atoms with van der Waals surface area (Å²) in [5, 5.41) is 1.74. The molecule has 0 bridgehead atoms. The molecule has 0 fully saturated rings. The third-order valence-electron chi connectivity index (χ3n) is 2.31. The topological polar surface area (TPSA) is 49.4 Å². The van der Waals surface area contributed by atoms with Crippen molar-refractivity contribution in [3.63, 3.8) is 0 Å². The lowest BCUT2D eigenvalue weighted by atomic mass is 10.1. The standard InChI is InChI=1S/C14H15ClN2O2/c1-5-12(18)16-17(14(2,3)4)13(19)10-6-8-11(15)9-7-10/h1,6-9H,2-4H3,(H,16,18). The van der Waals surface area contributed by atoms with Crippen molar-refractivity contribution in [3.8, 4) is 12.3 Å². The van der Waals surface area contributed by atoms with Crippen molar-refractivity contribution in [2.24, 2.45) is 0 Å². The Morgan fingerprint density at radius 3 is 2.21 bits per heavy atom. The molecule has 4 nitrogen and oxygen atoms in total. The number of nitrogens with zero attached hydrogens (tertiary/aromatic N) is 1. The second-order valence-corrected chi connectivity index (χ2v) is 5.34. The van der Waals surface area contributed by atoms with Crippen LogP contribution in [0.25, 0.3) is 0 Å². The summed E-state index contributed by atoms with van der Waals surface area (Å²) >= 11 is 5.77. The second kappa shape index (κ2) is 5.77. The van der Waals surface area contributed by atoms with Crippen LogP contribution in [0.5, 0.6) is 0 Å². The average Bonchev–Trinajstić information content (AvgIpc) is 2.34. The van der Waals surface area contributed by atoms with Gasteiger partial charge < -0.3 is 0 Å². The summed E-state index contributed by atoms with van der Waals surface area (Å²) in [6.07, 6.45) is 5.00. The van der Waals surface area contributed by atoms with Gasteiger partial charge in [-0.15, -0.1) is 6.42 Å². The number of hydrogen-bond donors (Lipinski definition) is 1. The van der Waals surface area contributed by atoms with Gasteiger partial charge in [0, 0.05) is 10.6 Å². The third-order valence-corrected chi connectivity index (χ3v) is 2.56. The quantitative estimate of drug-likeness (QED) is 0.633. The number of halogens is 1. The van der Waals surface area contributed by atoms with E-state index in [9.17, 15) is 9.59 Å². The monoisotopic (exact) mass is 278 g/mol. The molecule has 1 rings (SSSR count). The normalized spacial score (nSPS) is 10.5. The summed E-state index contributed by atoms with van der Waals surface area (Å²) in [5.74, 6) is 0.895. The summed E-state index contributed by atoms with van der Waals surface area (Å²) in [5.41, 5.74) is 2.20. The molecule has 1 N–H and O–H groups in total. The fourth-order valence-electron chi connectivity index (χ4n) is 1.38. The highest BCUT2D eigenvalue weighted by atomic mass is 35.5. The number of hydrazine groups is 1. The zero-order valence-electron chi connectivity index (χ0n) is 11.0. The Morgan fingerprint density at radius 1 is 1.26 bits per heavy atom. The largest absolute Gasteiger partial charge is 0.314 e. The number of rotatable bonds is 1. The molecule has 0 unspecified atom stereocenters. The molecule has 2 amide bonds. The molecule has 19 heavy (non-hydrogen) atoms. The molecular formula is C14H15ClN2O2. The first kappa shape index (κ1) is 15.1. The van der Waals surface area contributed by atoms with Gasteiger partial charge in [0.15, 0.2) is 0 Å². The van der Waals surface area contributed by atoms with Crippen molar-refractivity contribution in [2.45, 2.75) is 26.3 Å². The van der Waals surface area contributed by atoms with Gasteiger partial charge >= 0.3 is 5.91 Å². The number of hydrogen-bond acceptors (Lipinski definition) is 2. The van der Waals surface area contributed by atoms with Crippen molar-refractivity contribution in [1.82, 2.24) is 10.4 Å². The molecule has 0 aromatic heterocycles. The van der Waals surface area contributed by atoms with E-state index >= 15 is 0 Å². The van der Waals surface area contributed by atoms with Crippen molar-refractivity contribution in [1.29, 1.82) is 0 Å². The molecule has 0 aliphatic carbocycles. The summed E-state index contributed by atoms with van der Waals surface area (Å²) in [7, 11) is 0. The number of nitrogens with one attached hydrogen (secondary N) is 1. The summed E-state index contributed by atoms with van der Waals surface area (Å²) in [4.78, 5) is 23.7. The van der Waals surface area contributed by atoms with E-state index in [1.54, 1.807) is 45.0 Å². The highest BCUT2D eigenvalue weighted by molar-refractivity contribution is 6.30. The first-order valence-electron chi connectivity index (χ1n) is 5.63. The molecule has 0 atom stereocenters. The van der Waals surface area contributed by atoms with Crippen LogP contribution < -0.4 is 5.43 Å². The van der Waals surface area contributed by atoms with Gasteiger partial charge in [-0.2, -0.15) is 0 Å². The van der Waals surface area contributed by atoms with E-state index in [1.807, 2.05) is 5.92 Å². The molecule has 0 heterocycles. The fourth-order valence-corrected chi connectivity index (χ4v) is 1.50. The molecule has 0 radical (unpaired) electrons. The van der Waals surface area contributed by atoms with Crippen molar-refractivity contribution >= 4 is 23.4 Å². The van der Waals surface area contributed by atoms with Gasteiger partial charge in [-0.05, 0) is 51.0 Å². The molecule has 0 aliphatic heterocycles.